The van der Waals surface area contributed by atoms with Gasteiger partial charge >= 0.3 is 0 Å². The highest BCUT2D eigenvalue weighted by Crippen LogP contribution is 2.23. The summed E-state index contributed by atoms with van der Waals surface area (Å²) in [5, 5.41) is 10.6. The highest BCUT2D eigenvalue weighted by atomic mass is 32.2. The summed E-state index contributed by atoms with van der Waals surface area (Å²) in [5.74, 6) is 0. The second-order valence-corrected chi connectivity index (χ2v) is 10.0. The van der Waals surface area contributed by atoms with Crippen molar-refractivity contribution in [1.82, 2.24) is 14.1 Å². The number of hydrogen-bond donors (Lipinski definition) is 1. The van der Waals surface area contributed by atoms with Gasteiger partial charge in [0.1, 0.15) is 0 Å². The number of aliphatic hydroxyl groups is 1. The molecule has 6 nitrogen and oxygen atoms in total. The minimum Gasteiger partial charge on any atom is -0.390 e. The van der Waals surface area contributed by atoms with E-state index in [1.54, 1.807) is 16.4 Å². The van der Waals surface area contributed by atoms with Gasteiger partial charge in [-0.15, -0.1) is 0 Å². The van der Waals surface area contributed by atoms with E-state index in [-0.39, 0.29) is 6.04 Å². The van der Waals surface area contributed by atoms with E-state index in [0.29, 0.717) is 37.6 Å². The number of sulfonamides is 1. The summed E-state index contributed by atoms with van der Waals surface area (Å²) in [4.78, 5) is 4.88. The average Bonchev–Trinajstić information content (AvgIpc) is 3.09. The molecule has 0 unspecified atom stereocenters. The topological polar surface area (TPSA) is 64.1 Å². The molecular formula is C22H29N3O3S. The van der Waals surface area contributed by atoms with Crippen molar-refractivity contribution < 1.29 is 13.5 Å². The fraction of sp³-hybridized carbons (Fsp3) is 0.455. The van der Waals surface area contributed by atoms with Crippen molar-refractivity contribution in [3.8, 4) is 0 Å². The first-order valence-corrected chi connectivity index (χ1v) is 11.6. The maximum atomic E-state index is 12.9. The third kappa shape index (κ3) is 4.54. The smallest absolute Gasteiger partial charge is 0.243 e. The van der Waals surface area contributed by atoms with Crippen LogP contribution in [-0.4, -0.2) is 79.0 Å². The zero-order valence-electron chi connectivity index (χ0n) is 16.8. The van der Waals surface area contributed by atoms with Gasteiger partial charge in [-0.2, -0.15) is 4.31 Å². The summed E-state index contributed by atoms with van der Waals surface area (Å²) >= 11 is 0. The Bertz CT molecular complexity index is 910. The Balaban J connectivity index is 1.35. The number of rotatable bonds is 5. The third-order valence-electron chi connectivity index (χ3n) is 5.98. The molecule has 2 aliphatic heterocycles. The number of β-amino-alcohol motifs (C(OH)–C–C–N with tert-alkyl or cyclic N) is 1. The molecule has 7 heteroatoms. The van der Waals surface area contributed by atoms with E-state index in [9.17, 15) is 13.5 Å². The van der Waals surface area contributed by atoms with E-state index in [1.807, 2.05) is 37.3 Å². The molecule has 156 valence electrons. The van der Waals surface area contributed by atoms with Gasteiger partial charge in [-0.1, -0.05) is 48.0 Å². The van der Waals surface area contributed by atoms with Gasteiger partial charge in [0, 0.05) is 51.9 Å². The fourth-order valence-electron chi connectivity index (χ4n) is 4.31. The van der Waals surface area contributed by atoms with Crippen LogP contribution in [0.4, 0.5) is 0 Å². The van der Waals surface area contributed by atoms with Crippen LogP contribution in [0.5, 0.6) is 0 Å². The summed E-state index contributed by atoms with van der Waals surface area (Å²) in [5.41, 5.74) is 2.29. The second kappa shape index (κ2) is 8.53. The number of hydrogen-bond acceptors (Lipinski definition) is 5. The first kappa shape index (κ1) is 20.5. The maximum Gasteiger partial charge on any atom is 0.243 e. The molecule has 0 aliphatic carbocycles. The summed E-state index contributed by atoms with van der Waals surface area (Å²) in [6, 6.07) is 17.4. The van der Waals surface area contributed by atoms with Crippen molar-refractivity contribution in [2.45, 2.75) is 30.5 Å². The molecule has 0 spiro atoms. The molecule has 4 rings (SSSR count). The molecule has 2 atom stereocenters. The SMILES string of the molecule is Cc1ccc(S(=O)(=O)N2CCN([C@@H]3CN(Cc4ccccc4)C[C@H]3O)CC2)cc1. The first-order chi connectivity index (χ1) is 13.9. The Morgan fingerprint density at radius 3 is 2.24 bits per heavy atom. The monoisotopic (exact) mass is 415 g/mol. The van der Waals surface area contributed by atoms with E-state index < -0.39 is 16.1 Å². The molecule has 0 saturated carbocycles. The highest BCUT2D eigenvalue weighted by molar-refractivity contribution is 7.89. The maximum absolute atomic E-state index is 12.9. The number of aliphatic hydroxyl groups excluding tert-OH is 1. The van der Waals surface area contributed by atoms with Crippen molar-refractivity contribution in [1.29, 1.82) is 0 Å². The Morgan fingerprint density at radius 1 is 0.931 bits per heavy atom. The van der Waals surface area contributed by atoms with Crippen LogP contribution in [0.1, 0.15) is 11.1 Å². The van der Waals surface area contributed by atoms with Crippen molar-refractivity contribution in [3.63, 3.8) is 0 Å². The molecule has 2 heterocycles. The molecule has 2 aromatic rings. The van der Waals surface area contributed by atoms with Crippen LogP contribution in [-0.2, 0) is 16.6 Å². The molecule has 29 heavy (non-hydrogen) atoms. The van der Waals surface area contributed by atoms with Gasteiger partial charge in [0.05, 0.1) is 11.0 Å². The normalized spacial score (nSPS) is 24.8. The Kier molecular flexibility index (Phi) is 6.03. The highest BCUT2D eigenvalue weighted by Gasteiger charge is 2.38. The summed E-state index contributed by atoms with van der Waals surface area (Å²) in [7, 11) is -3.46. The predicted molar refractivity (Wildman–Crippen MR) is 113 cm³/mol. The molecule has 2 aliphatic rings. The molecule has 1 N–H and O–H groups in total. The minimum atomic E-state index is -3.46. The van der Waals surface area contributed by atoms with Gasteiger partial charge in [0.2, 0.25) is 10.0 Å². The molecule has 0 bridgehead atoms. The fourth-order valence-corrected chi connectivity index (χ4v) is 5.73. The number of piperazine rings is 1. The lowest BCUT2D eigenvalue weighted by atomic mass is 10.1. The Hall–Kier alpha value is -1.77. The molecule has 0 radical (unpaired) electrons. The summed E-state index contributed by atoms with van der Waals surface area (Å²) < 4.78 is 27.4. The number of nitrogens with zero attached hydrogens (tertiary/aromatic N) is 3. The minimum absolute atomic E-state index is 0.0583. The quantitative estimate of drug-likeness (QED) is 0.803. The lowest BCUT2D eigenvalue weighted by Gasteiger charge is -2.38. The molecular weight excluding hydrogens is 386 g/mol. The predicted octanol–water partition coefficient (Wildman–Crippen LogP) is 1.55. The van der Waals surface area contributed by atoms with Crippen molar-refractivity contribution >= 4 is 10.0 Å². The van der Waals surface area contributed by atoms with E-state index >= 15 is 0 Å². The van der Waals surface area contributed by atoms with Crippen LogP contribution >= 0.6 is 0 Å². The molecule has 0 aromatic heterocycles. The lowest BCUT2D eigenvalue weighted by Crippen LogP contribution is -2.54. The number of aryl methyl sites for hydroxylation is 1. The van der Waals surface area contributed by atoms with Crippen molar-refractivity contribution in [3.05, 3.63) is 65.7 Å². The standard InChI is InChI=1S/C22H29N3O3S/c1-18-7-9-20(10-8-18)29(27,28)25-13-11-24(12-14-25)21-16-23(17-22(21)26)15-19-5-3-2-4-6-19/h2-10,21-22,26H,11-17H2,1H3/t21-,22-/m1/s1. The van der Waals surface area contributed by atoms with Gasteiger partial charge in [-0.05, 0) is 24.6 Å². The lowest BCUT2D eigenvalue weighted by molar-refractivity contribution is 0.0618. The van der Waals surface area contributed by atoms with Gasteiger partial charge < -0.3 is 5.11 Å². The van der Waals surface area contributed by atoms with Crippen LogP contribution in [0.2, 0.25) is 0 Å². The van der Waals surface area contributed by atoms with Gasteiger partial charge in [0.25, 0.3) is 0 Å². The first-order valence-electron chi connectivity index (χ1n) is 10.2. The van der Waals surface area contributed by atoms with Crippen LogP contribution in [0, 0.1) is 6.92 Å². The zero-order chi connectivity index (χ0) is 20.4. The molecule has 2 aromatic carbocycles. The van der Waals surface area contributed by atoms with E-state index in [4.69, 9.17) is 0 Å². The Morgan fingerprint density at radius 2 is 1.59 bits per heavy atom. The molecule has 2 saturated heterocycles. The summed E-state index contributed by atoms with van der Waals surface area (Å²) in [6.45, 7) is 6.44. The van der Waals surface area contributed by atoms with Crippen molar-refractivity contribution in [2.75, 3.05) is 39.3 Å². The molecule has 0 amide bonds. The number of benzene rings is 2. The second-order valence-electron chi connectivity index (χ2n) is 8.07. The van der Waals surface area contributed by atoms with Gasteiger partial charge in [0.15, 0.2) is 0 Å². The largest absolute Gasteiger partial charge is 0.390 e. The van der Waals surface area contributed by atoms with E-state index in [0.717, 1.165) is 18.7 Å². The third-order valence-corrected chi connectivity index (χ3v) is 7.90. The van der Waals surface area contributed by atoms with Crippen LogP contribution in [0.3, 0.4) is 0 Å². The van der Waals surface area contributed by atoms with Crippen molar-refractivity contribution in [2.24, 2.45) is 0 Å². The van der Waals surface area contributed by atoms with Gasteiger partial charge in [-0.3, -0.25) is 9.80 Å². The van der Waals surface area contributed by atoms with Crippen LogP contribution < -0.4 is 0 Å². The van der Waals surface area contributed by atoms with Gasteiger partial charge in [-0.25, -0.2) is 8.42 Å². The number of likely N-dealkylation sites (tertiary alicyclic amines) is 1. The van der Waals surface area contributed by atoms with E-state index in [1.165, 1.54) is 5.56 Å². The Labute approximate surface area is 173 Å². The zero-order valence-corrected chi connectivity index (χ0v) is 17.6. The van der Waals surface area contributed by atoms with Crippen LogP contribution in [0.25, 0.3) is 0 Å². The van der Waals surface area contributed by atoms with E-state index in [2.05, 4.69) is 21.9 Å². The van der Waals surface area contributed by atoms with Crippen LogP contribution in [0.15, 0.2) is 59.5 Å². The molecule has 2 fully saturated rings. The summed E-state index contributed by atoms with van der Waals surface area (Å²) in [6.07, 6.45) is -0.404. The average molecular weight is 416 g/mol.